The number of benzene rings is 2. The Labute approximate surface area is 169 Å². The van der Waals surface area contributed by atoms with Crippen molar-refractivity contribution in [3.05, 3.63) is 78.4 Å². The highest BCUT2D eigenvalue weighted by molar-refractivity contribution is 6.01. The van der Waals surface area contributed by atoms with E-state index in [4.69, 9.17) is 0 Å². The van der Waals surface area contributed by atoms with Crippen LogP contribution in [0.2, 0.25) is 0 Å². The maximum Gasteiger partial charge on any atom is 0.274 e. The third kappa shape index (κ3) is 4.16. The highest BCUT2D eigenvalue weighted by atomic mass is 16.2. The summed E-state index contributed by atoms with van der Waals surface area (Å²) >= 11 is 0. The SMILES string of the molecule is Cc1cccc(-c2cccc(NC(=O)[C@H]3CCCN3C(=O)c3cnccn3)c2)c1. The van der Waals surface area contributed by atoms with Gasteiger partial charge in [0.2, 0.25) is 5.91 Å². The van der Waals surface area contributed by atoms with E-state index in [9.17, 15) is 9.59 Å². The van der Waals surface area contributed by atoms with E-state index >= 15 is 0 Å². The lowest BCUT2D eigenvalue weighted by atomic mass is 10.0. The number of rotatable bonds is 4. The molecule has 0 unspecified atom stereocenters. The molecule has 3 aromatic rings. The number of aromatic nitrogens is 2. The molecular formula is C23H22N4O2. The third-order valence-electron chi connectivity index (χ3n) is 5.08. The molecule has 1 fully saturated rings. The van der Waals surface area contributed by atoms with Crippen molar-refractivity contribution in [3.8, 4) is 11.1 Å². The van der Waals surface area contributed by atoms with Crippen molar-refractivity contribution in [2.24, 2.45) is 0 Å². The fourth-order valence-electron chi connectivity index (χ4n) is 3.67. The van der Waals surface area contributed by atoms with E-state index in [1.165, 1.54) is 24.2 Å². The molecular weight excluding hydrogens is 364 g/mol. The second-order valence-electron chi connectivity index (χ2n) is 7.19. The number of nitrogens with one attached hydrogen (secondary N) is 1. The lowest BCUT2D eigenvalue weighted by molar-refractivity contribution is -0.119. The van der Waals surface area contributed by atoms with Crippen molar-refractivity contribution in [2.75, 3.05) is 11.9 Å². The molecule has 1 atom stereocenters. The molecule has 146 valence electrons. The maximum absolute atomic E-state index is 12.9. The van der Waals surface area contributed by atoms with Gasteiger partial charge in [-0.3, -0.25) is 14.6 Å². The van der Waals surface area contributed by atoms with Crippen molar-refractivity contribution in [1.29, 1.82) is 0 Å². The number of carbonyl (C=O) groups is 2. The molecule has 6 nitrogen and oxygen atoms in total. The van der Waals surface area contributed by atoms with Gasteiger partial charge in [0.15, 0.2) is 0 Å². The van der Waals surface area contributed by atoms with Crippen LogP contribution in [0, 0.1) is 6.92 Å². The van der Waals surface area contributed by atoms with Gasteiger partial charge in [0.25, 0.3) is 5.91 Å². The second-order valence-corrected chi connectivity index (χ2v) is 7.19. The van der Waals surface area contributed by atoms with Crippen molar-refractivity contribution < 1.29 is 9.59 Å². The maximum atomic E-state index is 12.9. The number of hydrogen-bond acceptors (Lipinski definition) is 4. The second kappa shape index (κ2) is 8.22. The van der Waals surface area contributed by atoms with Crippen LogP contribution < -0.4 is 5.32 Å². The zero-order valence-electron chi connectivity index (χ0n) is 16.2. The minimum atomic E-state index is -0.507. The van der Waals surface area contributed by atoms with Gasteiger partial charge < -0.3 is 10.2 Å². The quantitative estimate of drug-likeness (QED) is 0.742. The molecule has 29 heavy (non-hydrogen) atoms. The first-order chi connectivity index (χ1) is 14.1. The Morgan fingerprint density at radius 1 is 1.07 bits per heavy atom. The molecule has 0 saturated carbocycles. The Kier molecular flexibility index (Phi) is 5.33. The predicted octanol–water partition coefficient (Wildman–Crippen LogP) is 3.70. The van der Waals surface area contributed by atoms with E-state index in [0.29, 0.717) is 18.7 Å². The fraction of sp³-hybridized carbons (Fsp3) is 0.217. The van der Waals surface area contributed by atoms with Crippen molar-refractivity contribution >= 4 is 17.5 Å². The van der Waals surface area contributed by atoms with Crippen LogP contribution in [0.5, 0.6) is 0 Å². The largest absolute Gasteiger partial charge is 0.325 e. The van der Waals surface area contributed by atoms with Crippen LogP contribution in [-0.2, 0) is 4.79 Å². The summed E-state index contributed by atoms with van der Waals surface area (Å²) in [5, 5.41) is 2.98. The topological polar surface area (TPSA) is 75.2 Å². The van der Waals surface area contributed by atoms with Gasteiger partial charge in [-0.15, -0.1) is 0 Å². The normalized spacial score (nSPS) is 15.9. The van der Waals surface area contributed by atoms with E-state index < -0.39 is 6.04 Å². The van der Waals surface area contributed by atoms with Crippen molar-refractivity contribution in [2.45, 2.75) is 25.8 Å². The molecule has 1 aliphatic rings. The summed E-state index contributed by atoms with van der Waals surface area (Å²) in [5.74, 6) is -0.439. The van der Waals surface area contributed by atoms with E-state index in [-0.39, 0.29) is 17.5 Å². The Morgan fingerprint density at radius 3 is 2.62 bits per heavy atom. The Morgan fingerprint density at radius 2 is 1.86 bits per heavy atom. The van der Waals surface area contributed by atoms with Crippen LogP contribution in [0.3, 0.4) is 0 Å². The smallest absolute Gasteiger partial charge is 0.274 e. The number of anilines is 1. The molecule has 0 radical (unpaired) electrons. The van der Waals surface area contributed by atoms with Gasteiger partial charge >= 0.3 is 0 Å². The number of nitrogens with zero attached hydrogens (tertiary/aromatic N) is 3. The molecule has 4 rings (SSSR count). The number of amides is 2. The average molecular weight is 386 g/mol. The Bertz CT molecular complexity index is 1040. The summed E-state index contributed by atoms with van der Waals surface area (Å²) in [6.07, 6.45) is 5.85. The lowest BCUT2D eigenvalue weighted by Crippen LogP contribution is -2.43. The minimum absolute atomic E-state index is 0.180. The van der Waals surface area contributed by atoms with E-state index in [1.54, 1.807) is 4.90 Å². The Balaban J connectivity index is 1.50. The molecule has 1 aromatic heterocycles. The van der Waals surface area contributed by atoms with Gasteiger partial charge in [0.1, 0.15) is 11.7 Å². The zero-order chi connectivity index (χ0) is 20.2. The van der Waals surface area contributed by atoms with Gasteiger partial charge in [-0.2, -0.15) is 0 Å². The molecule has 2 heterocycles. The summed E-state index contributed by atoms with van der Waals surface area (Å²) < 4.78 is 0. The van der Waals surface area contributed by atoms with Crippen LogP contribution in [0.1, 0.15) is 28.9 Å². The highest BCUT2D eigenvalue weighted by Crippen LogP contribution is 2.25. The molecule has 1 saturated heterocycles. The van der Waals surface area contributed by atoms with E-state index in [2.05, 4.69) is 34.3 Å². The first-order valence-electron chi connectivity index (χ1n) is 9.67. The van der Waals surface area contributed by atoms with Gasteiger partial charge in [-0.25, -0.2) is 4.98 Å². The summed E-state index contributed by atoms with van der Waals surface area (Å²) in [5.41, 5.74) is 4.29. The monoisotopic (exact) mass is 386 g/mol. The summed E-state index contributed by atoms with van der Waals surface area (Å²) in [6, 6.07) is 15.5. The van der Waals surface area contributed by atoms with E-state index in [1.807, 2.05) is 36.4 Å². The molecule has 0 bridgehead atoms. The van der Waals surface area contributed by atoms with Crippen molar-refractivity contribution in [1.82, 2.24) is 14.9 Å². The van der Waals surface area contributed by atoms with Crippen LogP contribution in [0.4, 0.5) is 5.69 Å². The average Bonchev–Trinajstić information content (AvgIpc) is 3.24. The van der Waals surface area contributed by atoms with Gasteiger partial charge in [-0.1, -0.05) is 42.0 Å². The van der Waals surface area contributed by atoms with E-state index in [0.717, 1.165) is 17.5 Å². The third-order valence-corrected chi connectivity index (χ3v) is 5.08. The van der Waals surface area contributed by atoms with Gasteiger partial charge in [0.05, 0.1) is 6.20 Å². The summed E-state index contributed by atoms with van der Waals surface area (Å²) in [6.45, 7) is 2.59. The Hall–Kier alpha value is -3.54. The molecule has 1 N–H and O–H groups in total. The fourth-order valence-corrected chi connectivity index (χ4v) is 3.67. The number of likely N-dealkylation sites (tertiary alicyclic amines) is 1. The summed E-state index contributed by atoms with van der Waals surface area (Å²) in [4.78, 5) is 35.3. The molecule has 0 aliphatic carbocycles. The lowest BCUT2D eigenvalue weighted by Gasteiger charge is -2.23. The number of aryl methyl sites for hydroxylation is 1. The van der Waals surface area contributed by atoms with Crippen molar-refractivity contribution in [3.63, 3.8) is 0 Å². The molecule has 0 spiro atoms. The molecule has 2 aromatic carbocycles. The number of carbonyl (C=O) groups excluding carboxylic acids is 2. The standard InChI is InChI=1S/C23H22N4O2/c1-16-5-2-6-17(13-16)18-7-3-8-19(14-18)26-22(28)21-9-4-12-27(21)23(29)20-15-24-10-11-25-20/h2-3,5-8,10-11,13-15,21H,4,9,12H2,1H3,(H,26,28)/t21-/m1/s1. The first kappa shape index (κ1) is 18.8. The molecule has 6 heteroatoms. The minimum Gasteiger partial charge on any atom is -0.325 e. The van der Waals surface area contributed by atoms with Crippen LogP contribution in [0.15, 0.2) is 67.1 Å². The van der Waals surface area contributed by atoms with Gasteiger partial charge in [-0.05, 0) is 43.0 Å². The van der Waals surface area contributed by atoms with Gasteiger partial charge in [0, 0.05) is 24.6 Å². The molecule has 1 aliphatic heterocycles. The molecule has 2 amide bonds. The highest BCUT2D eigenvalue weighted by Gasteiger charge is 2.35. The van der Waals surface area contributed by atoms with Crippen LogP contribution in [-0.4, -0.2) is 39.3 Å². The number of hydrogen-bond donors (Lipinski definition) is 1. The summed E-state index contributed by atoms with van der Waals surface area (Å²) in [7, 11) is 0. The first-order valence-corrected chi connectivity index (χ1v) is 9.67. The van der Waals surface area contributed by atoms with Crippen LogP contribution >= 0.6 is 0 Å². The van der Waals surface area contributed by atoms with Crippen LogP contribution in [0.25, 0.3) is 11.1 Å². The predicted molar refractivity (Wildman–Crippen MR) is 111 cm³/mol. The zero-order valence-corrected chi connectivity index (χ0v) is 16.2.